The molecule has 3 aliphatic rings. The van der Waals surface area contributed by atoms with E-state index in [4.69, 9.17) is 66.3 Å². The molecule has 2 N–H and O–H groups in total. The zero-order valence-corrected chi connectivity index (χ0v) is 54.2. The number of benzene rings is 9. The van der Waals surface area contributed by atoms with Gasteiger partial charge in [0.05, 0.1) is 79.3 Å². The van der Waals surface area contributed by atoms with Crippen molar-refractivity contribution in [3.05, 3.63) is 323 Å². The van der Waals surface area contributed by atoms with E-state index >= 15 is 0 Å². The van der Waals surface area contributed by atoms with Crippen LogP contribution < -0.4 is 0 Å². The number of hydrogen-bond donors (Lipinski definition) is 2. The lowest BCUT2D eigenvalue weighted by molar-refractivity contribution is -0.399. The van der Waals surface area contributed by atoms with Crippen molar-refractivity contribution in [1.82, 2.24) is 0 Å². The van der Waals surface area contributed by atoms with Crippen LogP contribution in [0.2, 0.25) is 0 Å². The normalized spacial score (nSPS) is 25.7. The van der Waals surface area contributed by atoms with E-state index in [9.17, 15) is 10.2 Å². The van der Waals surface area contributed by atoms with Gasteiger partial charge < -0.3 is 76.5 Å². The first-order valence-electron chi connectivity index (χ1n) is 33.4. The third-order valence-corrected chi connectivity index (χ3v) is 17.3. The first kappa shape index (κ1) is 69.2. The molecule has 0 unspecified atom stereocenters. The van der Waals surface area contributed by atoms with Crippen LogP contribution in [0.3, 0.4) is 0 Å². The Hall–Kier alpha value is -7.66. The molecule has 0 spiro atoms. The van der Waals surface area contributed by atoms with Crippen molar-refractivity contribution >= 4 is 0 Å². The van der Waals surface area contributed by atoms with Crippen LogP contribution in [0.5, 0.6) is 0 Å². The molecule has 3 aliphatic heterocycles. The van der Waals surface area contributed by atoms with Gasteiger partial charge in [-0.3, -0.25) is 0 Å². The fourth-order valence-electron chi connectivity index (χ4n) is 12.3. The van der Waals surface area contributed by atoms with Crippen molar-refractivity contribution in [3.63, 3.8) is 0 Å². The van der Waals surface area contributed by atoms with E-state index < -0.39 is 92.1 Å². The molecule has 16 nitrogen and oxygen atoms in total. The highest BCUT2D eigenvalue weighted by molar-refractivity contribution is 5.21. The first-order chi connectivity index (χ1) is 47.9. The average Bonchev–Trinajstić information content (AvgIpc) is 0.790. The molecule has 3 fully saturated rings. The van der Waals surface area contributed by atoms with Crippen molar-refractivity contribution < 1.29 is 76.5 Å². The Kier molecular flexibility index (Phi) is 26.3. The van der Waals surface area contributed by atoms with Crippen LogP contribution in [0.4, 0.5) is 0 Å². The molecule has 9 aromatic carbocycles. The van der Waals surface area contributed by atoms with Gasteiger partial charge in [-0.1, -0.05) is 273 Å². The molecule has 0 aliphatic carbocycles. The summed E-state index contributed by atoms with van der Waals surface area (Å²) in [6.07, 6.45) is -17.8. The van der Waals surface area contributed by atoms with Gasteiger partial charge in [0, 0.05) is 0 Å². The Morgan fingerprint density at radius 1 is 0.227 bits per heavy atom. The highest BCUT2D eigenvalue weighted by Crippen LogP contribution is 2.39. The number of ether oxygens (including phenoxy) is 14. The molecule has 0 aromatic heterocycles. The minimum Gasteiger partial charge on any atom is -0.385 e. The monoisotopic (exact) mass is 1310 g/mol. The van der Waals surface area contributed by atoms with Crippen molar-refractivity contribution in [2.24, 2.45) is 0 Å². The summed E-state index contributed by atoms with van der Waals surface area (Å²) in [6, 6.07) is 88.2. The topological polar surface area (TPSA) is 170 Å². The molecular weight excluding hydrogens is 1230 g/mol. The molecule has 3 heterocycles. The summed E-state index contributed by atoms with van der Waals surface area (Å²) in [4.78, 5) is 0. The quantitative estimate of drug-likeness (QED) is 0.0390. The van der Waals surface area contributed by atoms with E-state index in [2.05, 4.69) is 0 Å². The Morgan fingerprint density at radius 2 is 0.464 bits per heavy atom. The molecule has 0 saturated carbocycles. The lowest BCUT2D eigenvalue weighted by atomic mass is 9.95. The molecule has 3 saturated heterocycles. The number of rotatable bonds is 34. The molecule has 15 atom stereocenters. The van der Waals surface area contributed by atoms with E-state index in [0.717, 1.165) is 50.1 Å². The smallest absolute Gasteiger partial charge is 0.187 e. The van der Waals surface area contributed by atoms with Gasteiger partial charge in [0.1, 0.15) is 73.2 Å². The summed E-state index contributed by atoms with van der Waals surface area (Å²) in [5, 5.41) is 25.9. The summed E-state index contributed by atoms with van der Waals surface area (Å²) in [7, 11) is 0. The van der Waals surface area contributed by atoms with Crippen LogP contribution in [0, 0.1) is 0 Å². The predicted octanol–water partition coefficient (Wildman–Crippen LogP) is 12.4. The van der Waals surface area contributed by atoms with Gasteiger partial charge in [-0.25, -0.2) is 0 Å². The van der Waals surface area contributed by atoms with E-state index in [1.54, 1.807) is 0 Å². The van der Waals surface area contributed by atoms with Gasteiger partial charge in [0.2, 0.25) is 0 Å². The predicted molar refractivity (Wildman–Crippen MR) is 362 cm³/mol. The standard InChI is InChI=1S/C81H86O16/c82-70-74(90-52-64-40-22-7-23-41-64)71(87-49-61-34-16-4-17-35-61)68(56-85-47-59-30-12-2-13-31-59)94-80(70)97-78-75(91-53-65-42-24-8-25-43-65)72(88-50-62-36-18-5-19-37-62)69(57-86-48-60-32-14-3-15-33-60)95-81(78)96-76-73(89-51-63-38-20-6-21-39-63)67(55-84-46-58-28-10-1-11-29-58)93-79(83)77(76)92-54-66-44-26-9-27-45-66/h1-45,67-83H,46-57H2/t67-,68-,69-,70+,71-,72-,73-,74-,75+,76+,77+,78+,79+,80-,81-/m1/s1. The van der Waals surface area contributed by atoms with Crippen LogP contribution in [0.25, 0.3) is 0 Å². The zero-order chi connectivity index (χ0) is 66.1. The second-order valence-corrected chi connectivity index (χ2v) is 24.4. The second kappa shape index (κ2) is 36.8. The fraction of sp³-hybridized carbons (Fsp3) is 0.333. The van der Waals surface area contributed by atoms with E-state index in [1.165, 1.54) is 0 Å². The summed E-state index contributed by atoms with van der Waals surface area (Å²) in [6.45, 7) is 1.34. The molecule has 0 radical (unpaired) electrons. The Balaban J connectivity index is 0.968. The van der Waals surface area contributed by atoms with Gasteiger partial charge in [0.25, 0.3) is 0 Å². The number of hydrogen-bond acceptors (Lipinski definition) is 16. The van der Waals surface area contributed by atoms with Crippen LogP contribution >= 0.6 is 0 Å². The Bertz CT molecular complexity index is 3600. The van der Waals surface area contributed by atoms with Crippen LogP contribution in [-0.4, -0.2) is 122 Å². The third kappa shape index (κ3) is 20.2. The molecule has 0 bridgehead atoms. The first-order valence-corrected chi connectivity index (χ1v) is 33.4. The summed E-state index contributed by atoms with van der Waals surface area (Å²) >= 11 is 0. The van der Waals surface area contributed by atoms with Crippen molar-refractivity contribution in [1.29, 1.82) is 0 Å². The molecule has 0 amide bonds. The second-order valence-electron chi connectivity index (χ2n) is 24.4. The molecule has 506 valence electrons. The summed E-state index contributed by atoms with van der Waals surface area (Å²) < 4.78 is 98.3. The van der Waals surface area contributed by atoms with Crippen molar-refractivity contribution in [2.45, 2.75) is 152 Å². The Morgan fingerprint density at radius 3 is 0.794 bits per heavy atom. The highest BCUT2D eigenvalue weighted by atomic mass is 16.8. The molecule has 9 aromatic rings. The zero-order valence-electron chi connectivity index (χ0n) is 54.2. The van der Waals surface area contributed by atoms with Crippen LogP contribution in [0.1, 0.15) is 50.1 Å². The highest BCUT2D eigenvalue weighted by Gasteiger charge is 2.57. The maximum absolute atomic E-state index is 13.3. The van der Waals surface area contributed by atoms with Gasteiger partial charge in [-0.2, -0.15) is 0 Å². The summed E-state index contributed by atoms with van der Waals surface area (Å²) in [5.41, 5.74) is 8.07. The number of aliphatic hydroxyl groups is 2. The van der Waals surface area contributed by atoms with E-state index in [0.29, 0.717) is 0 Å². The molecule has 16 heteroatoms. The van der Waals surface area contributed by atoms with Gasteiger partial charge >= 0.3 is 0 Å². The molecular formula is C81H86O16. The van der Waals surface area contributed by atoms with Gasteiger partial charge in [-0.05, 0) is 50.1 Å². The Labute approximate surface area is 568 Å². The lowest BCUT2D eigenvalue weighted by Gasteiger charge is -2.51. The average molecular weight is 1320 g/mol. The lowest BCUT2D eigenvalue weighted by Crippen LogP contribution is -2.68. The maximum Gasteiger partial charge on any atom is 0.187 e. The maximum atomic E-state index is 13.3. The van der Waals surface area contributed by atoms with Crippen molar-refractivity contribution in [2.75, 3.05) is 19.8 Å². The summed E-state index contributed by atoms with van der Waals surface area (Å²) in [5.74, 6) is 0. The van der Waals surface area contributed by atoms with Crippen molar-refractivity contribution in [3.8, 4) is 0 Å². The minimum atomic E-state index is -1.59. The van der Waals surface area contributed by atoms with Crippen LogP contribution in [-0.2, 0) is 126 Å². The van der Waals surface area contributed by atoms with E-state index in [1.807, 2.05) is 273 Å². The van der Waals surface area contributed by atoms with E-state index in [-0.39, 0.29) is 79.3 Å². The number of aliphatic hydroxyl groups excluding tert-OH is 2. The SMILES string of the molecule is O[C@@H]1[C@@H](O[C@@H]2[C@@H](O[C@@H]3[C@H](OCc4ccccc4)[C@@H](O)O[C@H](COCc4ccccc4)[C@H]3OCc3ccccc3)O[C@H](COCc3ccccc3)[C@@H](OCc3ccccc3)[C@@H]2OCc2ccccc2)O[C@H](COCc2ccccc2)[C@@H](OCc2ccccc2)[C@@H]1OCc1ccccc1. The minimum absolute atomic E-state index is 0.000637. The largest absolute Gasteiger partial charge is 0.385 e. The molecule has 12 rings (SSSR count). The van der Waals surface area contributed by atoms with Crippen LogP contribution in [0.15, 0.2) is 273 Å². The molecule has 97 heavy (non-hydrogen) atoms. The fourth-order valence-corrected chi connectivity index (χ4v) is 12.3. The van der Waals surface area contributed by atoms with Gasteiger partial charge in [-0.15, -0.1) is 0 Å². The third-order valence-electron chi connectivity index (χ3n) is 17.3. The van der Waals surface area contributed by atoms with Gasteiger partial charge in [0.15, 0.2) is 18.9 Å².